The van der Waals surface area contributed by atoms with Gasteiger partial charge in [-0.25, -0.2) is 9.79 Å². The second-order valence-electron chi connectivity index (χ2n) is 8.40. The minimum absolute atomic E-state index is 0.0688. The van der Waals surface area contributed by atoms with E-state index in [2.05, 4.69) is 20.9 Å². The van der Waals surface area contributed by atoms with Crippen molar-refractivity contribution in [2.45, 2.75) is 20.5 Å². The number of benzene rings is 3. The molecule has 0 spiro atoms. The number of amides is 1. The Kier molecular flexibility index (Phi) is 9.27. The van der Waals surface area contributed by atoms with Gasteiger partial charge in [-0.3, -0.25) is 4.79 Å². The van der Waals surface area contributed by atoms with Gasteiger partial charge in [0.05, 0.1) is 23.1 Å². The molecule has 3 aromatic rings. The lowest BCUT2D eigenvalue weighted by Gasteiger charge is -2.14. The van der Waals surface area contributed by atoms with Crippen LogP contribution in [0.5, 0.6) is 11.5 Å². The van der Waals surface area contributed by atoms with Crippen LogP contribution in [-0.2, 0) is 16.1 Å². The lowest BCUT2D eigenvalue weighted by atomic mass is 10.1. The summed E-state index contributed by atoms with van der Waals surface area (Å²) >= 11 is 4.57. The monoisotopic (exact) mass is 607 g/mol. The highest BCUT2D eigenvalue weighted by Gasteiger charge is 2.34. The summed E-state index contributed by atoms with van der Waals surface area (Å²) in [6.45, 7) is 3.92. The van der Waals surface area contributed by atoms with E-state index in [0.29, 0.717) is 38.6 Å². The summed E-state index contributed by atoms with van der Waals surface area (Å²) in [4.78, 5) is 30.2. The van der Waals surface area contributed by atoms with Crippen LogP contribution in [0.4, 0.5) is 0 Å². The van der Waals surface area contributed by atoms with Gasteiger partial charge in [-0.2, -0.15) is 0 Å². The van der Waals surface area contributed by atoms with Crippen LogP contribution in [0.2, 0.25) is 0 Å². The van der Waals surface area contributed by atoms with Crippen molar-refractivity contribution in [2.24, 2.45) is 4.99 Å². The molecule has 0 unspecified atom stereocenters. The summed E-state index contributed by atoms with van der Waals surface area (Å²) < 4.78 is 17.3. The van der Waals surface area contributed by atoms with Gasteiger partial charge in [0.15, 0.2) is 11.5 Å². The molecule has 1 heterocycles. The minimum Gasteiger partial charge on any atom is -0.506 e. The number of methoxy groups -OCH3 is 1. The maximum absolute atomic E-state index is 12.9. The first kappa shape index (κ1) is 28.2. The number of hydrogen-bond donors (Lipinski definition) is 1. The van der Waals surface area contributed by atoms with E-state index >= 15 is 0 Å². The molecule has 0 bridgehead atoms. The number of hydrogen-bond acceptors (Lipinski definition) is 7. The molecule has 200 valence electrons. The van der Waals surface area contributed by atoms with Crippen molar-refractivity contribution in [2.75, 3.05) is 13.7 Å². The fourth-order valence-electron chi connectivity index (χ4n) is 3.80. The van der Waals surface area contributed by atoms with Gasteiger partial charge in [0.25, 0.3) is 5.91 Å². The summed E-state index contributed by atoms with van der Waals surface area (Å²) in [5, 5.41) is 11.1. The second kappa shape index (κ2) is 12.8. The first-order chi connectivity index (χ1) is 18.8. The van der Waals surface area contributed by atoms with Crippen molar-refractivity contribution in [3.8, 4) is 11.5 Å². The van der Waals surface area contributed by atoms with Crippen LogP contribution in [0.3, 0.4) is 0 Å². The molecule has 1 aliphatic heterocycles. The highest BCUT2D eigenvalue weighted by Crippen LogP contribution is 2.42. The quantitative estimate of drug-likeness (QED) is 0.274. The summed E-state index contributed by atoms with van der Waals surface area (Å²) in [6, 6.07) is 20.4. The standard InChI is InChI=1S/C30H26BrNO6S/c1-4-37-30(35)25-26(33)24(39-29(25)32-28(34)21-13-9-8-10-18(21)2)16-20-14-22(31)27(23(15-20)36-3)38-17-19-11-6-5-7-12-19/h5-16,33H,4,17H2,1-3H3/b24-16-,32-29?. The molecule has 0 fully saturated rings. The Morgan fingerprint density at radius 1 is 1.08 bits per heavy atom. The average molecular weight is 609 g/mol. The highest BCUT2D eigenvalue weighted by molar-refractivity contribution is 9.10. The number of aryl methyl sites for hydroxylation is 1. The highest BCUT2D eigenvalue weighted by atomic mass is 79.9. The maximum atomic E-state index is 12.9. The minimum atomic E-state index is -0.759. The van der Waals surface area contributed by atoms with Crippen LogP contribution < -0.4 is 9.47 Å². The molecule has 0 radical (unpaired) electrons. The molecule has 0 saturated heterocycles. The van der Waals surface area contributed by atoms with Gasteiger partial charge in [0.1, 0.15) is 23.0 Å². The Hall–Kier alpha value is -3.82. The van der Waals surface area contributed by atoms with Crippen LogP contribution in [0.25, 0.3) is 6.08 Å². The van der Waals surface area contributed by atoms with E-state index < -0.39 is 11.9 Å². The SMILES string of the molecule is CCOC(=O)C1=C(O)/C(=C/c2cc(Br)c(OCc3ccccc3)c(OC)c2)SC1=NC(=O)c1ccccc1C. The van der Waals surface area contributed by atoms with Crippen molar-refractivity contribution >= 4 is 50.7 Å². The van der Waals surface area contributed by atoms with Crippen molar-refractivity contribution in [1.82, 2.24) is 0 Å². The molecule has 0 saturated carbocycles. The Labute approximate surface area is 239 Å². The third kappa shape index (κ3) is 6.61. The van der Waals surface area contributed by atoms with Gasteiger partial charge in [-0.15, -0.1) is 0 Å². The van der Waals surface area contributed by atoms with Gasteiger partial charge in [-0.05, 0) is 70.7 Å². The first-order valence-electron chi connectivity index (χ1n) is 12.1. The number of rotatable bonds is 8. The number of aliphatic hydroxyl groups is 1. The number of aliphatic imine (C=N–C) groups is 1. The fraction of sp³-hybridized carbons (Fsp3) is 0.167. The Balaban J connectivity index is 1.67. The van der Waals surface area contributed by atoms with E-state index in [9.17, 15) is 14.7 Å². The molecule has 1 N–H and O–H groups in total. The molecule has 39 heavy (non-hydrogen) atoms. The number of thioether (sulfide) groups is 1. The lowest BCUT2D eigenvalue weighted by Crippen LogP contribution is -2.14. The fourth-order valence-corrected chi connectivity index (χ4v) is 5.39. The van der Waals surface area contributed by atoms with Crippen molar-refractivity contribution < 1.29 is 28.9 Å². The number of halogens is 1. The van der Waals surface area contributed by atoms with E-state index in [-0.39, 0.29) is 23.0 Å². The molecule has 0 aromatic heterocycles. The molecule has 0 atom stereocenters. The third-order valence-electron chi connectivity index (χ3n) is 5.72. The predicted molar refractivity (Wildman–Crippen MR) is 156 cm³/mol. The summed E-state index contributed by atoms with van der Waals surface area (Å²) in [5.41, 5.74) is 2.68. The number of nitrogens with zero attached hydrogens (tertiary/aromatic N) is 1. The van der Waals surface area contributed by atoms with Crippen LogP contribution in [0.15, 0.2) is 92.4 Å². The Morgan fingerprint density at radius 2 is 1.79 bits per heavy atom. The zero-order chi connectivity index (χ0) is 27.9. The smallest absolute Gasteiger partial charge is 0.344 e. The number of ether oxygens (including phenoxy) is 3. The molecule has 9 heteroatoms. The number of aliphatic hydroxyl groups excluding tert-OH is 1. The van der Waals surface area contributed by atoms with Gasteiger partial charge in [0.2, 0.25) is 0 Å². The Bertz CT molecular complexity index is 1500. The van der Waals surface area contributed by atoms with Crippen molar-refractivity contribution in [3.63, 3.8) is 0 Å². The number of esters is 1. The largest absolute Gasteiger partial charge is 0.506 e. The molecular formula is C30H26BrNO6S. The molecule has 1 aliphatic rings. The van der Waals surface area contributed by atoms with Crippen LogP contribution >= 0.6 is 27.7 Å². The first-order valence-corrected chi connectivity index (χ1v) is 13.7. The van der Waals surface area contributed by atoms with E-state index in [1.165, 1.54) is 7.11 Å². The normalized spacial score (nSPS) is 15.1. The maximum Gasteiger partial charge on any atom is 0.344 e. The average Bonchev–Trinajstić information content (AvgIpc) is 3.22. The molecular weight excluding hydrogens is 582 g/mol. The van der Waals surface area contributed by atoms with Crippen LogP contribution in [0.1, 0.15) is 34.0 Å². The van der Waals surface area contributed by atoms with E-state index in [1.807, 2.05) is 36.4 Å². The zero-order valence-electron chi connectivity index (χ0n) is 21.6. The van der Waals surface area contributed by atoms with Gasteiger partial charge >= 0.3 is 5.97 Å². The zero-order valence-corrected chi connectivity index (χ0v) is 24.0. The number of carbonyl (C=O) groups excluding carboxylic acids is 2. The third-order valence-corrected chi connectivity index (χ3v) is 7.33. The Morgan fingerprint density at radius 3 is 2.49 bits per heavy atom. The predicted octanol–water partition coefficient (Wildman–Crippen LogP) is 7.05. The van der Waals surface area contributed by atoms with E-state index in [1.54, 1.807) is 50.3 Å². The van der Waals surface area contributed by atoms with Crippen LogP contribution in [-0.4, -0.2) is 35.7 Å². The van der Waals surface area contributed by atoms with Gasteiger partial charge in [-0.1, -0.05) is 60.3 Å². The van der Waals surface area contributed by atoms with Crippen molar-refractivity contribution in [1.29, 1.82) is 0 Å². The lowest BCUT2D eigenvalue weighted by molar-refractivity contribution is -0.138. The molecule has 7 nitrogen and oxygen atoms in total. The molecule has 4 rings (SSSR count). The molecule has 0 aliphatic carbocycles. The summed E-state index contributed by atoms with van der Waals surface area (Å²) in [6.07, 6.45) is 1.67. The van der Waals surface area contributed by atoms with E-state index in [4.69, 9.17) is 14.2 Å². The van der Waals surface area contributed by atoms with E-state index in [0.717, 1.165) is 22.9 Å². The van der Waals surface area contributed by atoms with Crippen LogP contribution in [0, 0.1) is 6.92 Å². The second-order valence-corrected chi connectivity index (χ2v) is 10.3. The van der Waals surface area contributed by atoms with Gasteiger partial charge < -0.3 is 19.3 Å². The topological polar surface area (TPSA) is 94.4 Å². The van der Waals surface area contributed by atoms with Crippen molar-refractivity contribution in [3.05, 3.63) is 110 Å². The molecule has 1 amide bonds. The van der Waals surface area contributed by atoms with Gasteiger partial charge in [0, 0.05) is 5.56 Å². The summed E-state index contributed by atoms with van der Waals surface area (Å²) in [7, 11) is 1.54. The summed E-state index contributed by atoms with van der Waals surface area (Å²) in [5.74, 6) is -0.579. The molecule has 3 aromatic carbocycles. The number of carbonyl (C=O) groups is 2.